The van der Waals surface area contributed by atoms with Gasteiger partial charge in [-0.25, -0.2) is 9.78 Å². The van der Waals surface area contributed by atoms with Crippen LogP contribution in [0.4, 0.5) is 10.6 Å². The Morgan fingerprint density at radius 3 is 2.91 bits per heavy atom. The standard InChI is InChI=1S/C25H33N5O3S/c1-4-23(31)30-11-9-18(13-30)15-33-21-8-7-19(12-17(21)2)24-27-22(16-34-24)28-25(32)26-20-6-5-10-29(3)14-20/h4,7-8,12,16,18,20H,1,5-6,9-11,13-15H2,2-3H3,(H2,26,28,32). The molecule has 4 rings (SSSR count). The highest BCUT2D eigenvalue weighted by Gasteiger charge is 2.25. The number of thiazole rings is 1. The summed E-state index contributed by atoms with van der Waals surface area (Å²) in [6, 6.07) is 5.97. The van der Waals surface area contributed by atoms with Crippen LogP contribution in [0.15, 0.2) is 36.2 Å². The number of likely N-dealkylation sites (tertiary alicyclic amines) is 2. The summed E-state index contributed by atoms with van der Waals surface area (Å²) in [5, 5.41) is 8.61. The Morgan fingerprint density at radius 1 is 1.29 bits per heavy atom. The molecule has 0 bridgehead atoms. The van der Waals surface area contributed by atoms with Gasteiger partial charge < -0.3 is 19.9 Å². The van der Waals surface area contributed by atoms with Gasteiger partial charge in [-0.1, -0.05) is 6.58 Å². The maximum absolute atomic E-state index is 12.4. The minimum atomic E-state index is -0.211. The Balaban J connectivity index is 1.29. The quantitative estimate of drug-likeness (QED) is 0.586. The number of nitrogens with zero attached hydrogens (tertiary/aromatic N) is 3. The van der Waals surface area contributed by atoms with Crippen LogP contribution in [-0.4, -0.2) is 72.6 Å². The van der Waals surface area contributed by atoms with E-state index in [2.05, 4.69) is 40.2 Å². The van der Waals surface area contributed by atoms with Crippen LogP contribution in [0.5, 0.6) is 5.75 Å². The maximum Gasteiger partial charge on any atom is 0.320 e. The largest absolute Gasteiger partial charge is 0.493 e. The number of aromatic nitrogens is 1. The van der Waals surface area contributed by atoms with E-state index < -0.39 is 0 Å². The van der Waals surface area contributed by atoms with Crippen molar-refractivity contribution in [3.63, 3.8) is 0 Å². The number of hydrogen-bond donors (Lipinski definition) is 2. The molecule has 2 aliphatic heterocycles. The van der Waals surface area contributed by atoms with Crippen molar-refractivity contribution in [3.8, 4) is 16.3 Å². The van der Waals surface area contributed by atoms with E-state index in [0.717, 1.165) is 60.8 Å². The average molecular weight is 484 g/mol. The zero-order valence-corrected chi connectivity index (χ0v) is 20.7. The van der Waals surface area contributed by atoms with Crippen LogP contribution in [-0.2, 0) is 4.79 Å². The van der Waals surface area contributed by atoms with Crippen molar-refractivity contribution in [1.29, 1.82) is 0 Å². The van der Waals surface area contributed by atoms with Crippen LogP contribution < -0.4 is 15.4 Å². The minimum absolute atomic E-state index is 0.0144. The molecular formula is C25H33N5O3S. The van der Waals surface area contributed by atoms with Crippen LogP contribution in [0.25, 0.3) is 10.6 Å². The highest BCUT2D eigenvalue weighted by molar-refractivity contribution is 7.13. The number of carbonyl (C=O) groups is 2. The van der Waals surface area contributed by atoms with E-state index in [1.54, 1.807) is 0 Å². The second-order valence-corrected chi connectivity index (χ2v) is 10.0. The predicted molar refractivity (Wildman–Crippen MR) is 135 cm³/mol. The molecule has 0 spiro atoms. The van der Waals surface area contributed by atoms with Gasteiger partial charge in [0.2, 0.25) is 5.91 Å². The van der Waals surface area contributed by atoms with Gasteiger partial charge in [-0.2, -0.15) is 0 Å². The van der Waals surface area contributed by atoms with Gasteiger partial charge in [0.25, 0.3) is 0 Å². The molecule has 0 radical (unpaired) electrons. The van der Waals surface area contributed by atoms with Gasteiger partial charge in [0, 0.05) is 42.5 Å². The molecule has 2 fully saturated rings. The third kappa shape index (κ3) is 6.15. The molecule has 3 heterocycles. The molecule has 1 aromatic carbocycles. The summed E-state index contributed by atoms with van der Waals surface area (Å²) in [7, 11) is 2.07. The van der Waals surface area contributed by atoms with E-state index in [1.165, 1.54) is 17.4 Å². The summed E-state index contributed by atoms with van der Waals surface area (Å²) in [4.78, 5) is 32.8. The third-order valence-corrected chi connectivity index (χ3v) is 7.27. The molecule has 0 aliphatic carbocycles. The Hall–Kier alpha value is -2.91. The second-order valence-electron chi connectivity index (χ2n) is 9.17. The van der Waals surface area contributed by atoms with Crippen LogP contribution in [0.1, 0.15) is 24.8 Å². The summed E-state index contributed by atoms with van der Waals surface area (Å²) in [5.74, 6) is 1.71. The number of amides is 3. The third-order valence-electron chi connectivity index (χ3n) is 6.37. The van der Waals surface area contributed by atoms with Crippen molar-refractivity contribution >= 4 is 29.1 Å². The van der Waals surface area contributed by atoms with E-state index in [0.29, 0.717) is 24.9 Å². The first-order valence-corrected chi connectivity index (χ1v) is 12.7. The first kappa shape index (κ1) is 24.2. The average Bonchev–Trinajstić information content (AvgIpc) is 3.47. The van der Waals surface area contributed by atoms with E-state index >= 15 is 0 Å². The normalized spacial score (nSPS) is 20.7. The molecule has 0 saturated carbocycles. The molecule has 2 atom stereocenters. The molecular weight excluding hydrogens is 450 g/mol. The van der Waals surface area contributed by atoms with Crippen LogP contribution in [0.2, 0.25) is 0 Å². The van der Waals surface area contributed by atoms with Crippen molar-refractivity contribution in [2.75, 3.05) is 45.2 Å². The Kier molecular flexibility index (Phi) is 7.84. The molecule has 34 heavy (non-hydrogen) atoms. The lowest BCUT2D eigenvalue weighted by atomic mass is 10.1. The summed E-state index contributed by atoms with van der Waals surface area (Å²) in [6.45, 7) is 9.57. The highest BCUT2D eigenvalue weighted by Crippen LogP contribution is 2.30. The van der Waals surface area contributed by atoms with Gasteiger partial charge in [0.05, 0.1) is 6.61 Å². The number of ether oxygens (including phenoxy) is 1. The van der Waals surface area contributed by atoms with Crippen molar-refractivity contribution in [1.82, 2.24) is 20.1 Å². The smallest absolute Gasteiger partial charge is 0.320 e. The summed E-state index contributed by atoms with van der Waals surface area (Å²) in [6.07, 6.45) is 4.40. The molecule has 2 saturated heterocycles. The number of anilines is 1. The highest BCUT2D eigenvalue weighted by atomic mass is 32.1. The lowest BCUT2D eigenvalue weighted by Crippen LogP contribution is -2.47. The number of likely N-dealkylation sites (N-methyl/N-ethyl adjacent to an activating group) is 1. The second kappa shape index (κ2) is 11.0. The number of aryl methyl sites for hydroxylation is 1. The van der Waals surface area contributed by atoms with Gasteiger partial charge in [-0.05, 0) is 69.6 Å². The lowest BCUT2D eigenvalue weighted by Gasteiger charge is -2.30. The Labute approximate surface area is 205 Å². The summed E-state index contributed by atoms with van der Waals surface area (Å²) < 4.78 is 6.06. The monoisotopic (exact) mass is 483 g/mol. The fourth-order valence-corrected chi connectivity index (χ4v) is 5.28. The predicted octanol–water partition coefficient (Wildman–Crippen LogP) is 3.75. The van der Waals surface area contributed by atoms with Crippen molar-refractivity contribution in [2.45, 2.75) is 32.2 Å². The summed E-state index contributed by atoms with van der Waals surface area (Å²) >= 11 is 1.50. The number of carbonyl (C=O) groups excluding carboxylic acids is 2. The fraction of sp³-hybridized carbons (Fsp3) is 0.480. The van der Waals surface area contributed by atoms with E-state index in [9.17, 15) is 9.59 Å². The summed E-state index contributed by atoms with van der Waals surface area (Å²) in [5.41, 5.74) is 2.01. The van der Waals surface area contributed by atoms with Crippen LogP contribution >= 0.6 is 11.3 Å². The molecule has 9 heteroatoms. The first-order valence-electron chi connectivity index (χ1n) is 11.8. The van der Waals surface area contributed by atoms with Gasteiger partial charge in [-0.3, -0.25) is 10.1 Å². The first-order chi connectivity index (χ1) is 16.4. The number of hydrogen-bond acceptors (Lipinski definition) is 6. The molecule has 2 unspecified atom stereocenters. The number of rotatable bonds is 7. The molecule has 8 nitrogen and oxygen atoms in total. The fourth-order valence-electron chi connectivity index (χ4n) is 4.54. The number of urea groups is 1. The van der Waals surface area contributed by atoms with E-state index in [4.69, 9.17) is 4.74 Å². The van der Waals surface area contributed by atoms with Gasteiger partial charge in [0.15, 0.2) is 0 Å². The SMILES string of the molecule is C=CC(=O)N1CCC(COc2ccc(-c3nc(NC(=O)NC4CCCN(C)C4)cs3)cc2C)C1. The topological polar surface area (TPSA) is 86.8 Å². The molecule has 182 valence electrons. The van der Waals surface area contributed by atoms with Crippen LogP contribution in [0, 0.1) is 12.8 Å². The molecule has 2 aromatic rings. The van der Waals surface area contributed by atoms with E-state index in [-0.39, 0.29) is 18.0 Å². The van der Waals surface area contributed by atoms with Gasteiger partial charge >= 0.3 is 6.03 Å². The molecule has 3 amide bonds. The van der Waals surface area contributed by atoms with Gasteiger partial charge in [0.1, 0.15) is 16.6 Å². The number of benzene rings is 1. The molecule has 2 N–H and O–H groups in total. The van der Waals surface area contributed by atoms with Crippen molar-refractivity contribution in [2.24, 2.45) is 5.92 Å². The lowest BCUT2D eigenvalue weighted by molar-refractivity contribution is -0.125. The Morgan fingerprint density at radius 2 is 2.15 bits per heavy atom. The Bertz CT molecular complexity index is 1040. The van der Waals surface area contributed by atoms with Crippen molar-refractivity contribution in [3.05, 3.63) is 41.8 Å². The van der Waals surface area contributed by atoms with E-state index in [1.807, 2.05) is 29.3 Å². The van der Waals surface area contributed by atoms with Crippen LogP contribution in [0.3, 0.4) is 0 Å². The maximum atomic E-state index is 12.4. The zero-order valence-electron chi connectivity index (χ0n) is 19.9. The number of nitrogens with one attached hydrogen (secondary N) is 2. The van der Waals surface area contributed by atoms with Crippen molar-refractivity contribution < 1.29 is 14.3 Å². The zero-order chi connectivity index (χ0) is 24.1. The molecule has 1 aromatic heterocycles. The van der Waals surface area contributed by atoms with Gasteiger partial charge in [-0.15, -0.1) is 11.3 Å². The minimum Gasteiger partial charge on any atom is -0.493 e. The number of piperidine rings is 1. The molecule has 2 aliphatic rings.